The Hall–Kier alpha value is -1.42. The lowest BCUT2D eigenvalue weighted by atomic mass is 9.91. The van der Waals surface area contributed by atoms with Crippen molar-refractivity contribution in [3.8, 4) is 0 Å². The van der Waals surface area contributed by atoms with Gasteiger partial charge in [0, 0.05) is 12.5 Å². The van der Waals surface area contributed by atoms with E-state index in [1.54, 1.807) is 6.07 Å². The predicted octanol–water partition coefficient (Wildman–Crippen LogP) is 2.64. The summed E-state index contributed by atoms with van der Waals surface area (Å²) in [5, 5.41) is 3.06. The lowest BCUT2D eigenvalue weighted by Crippen LogP contribution is -2.54. The van der Waals surface area contributed by atoms with Crippen LogP contribution in [0.25, 0.3) is 0 Å². The topological polar surface area (TPSA) is 55.1 Å². The zero-order valence-corrected chi connectivity index (χ0v) is 12.6. The summed E-state index contributed by atoms with van der Waals surface area (Å²) in [4.78, 5) is 12.3. The van der Waals surface area contributed by atoms with E-state index in [1.807, 2.05) is 26.8 Å². The first kappa shape index (κ1) is 16.6. The van der Waals surface area contributed by atoms with Gasteiger partial charge >= 0.3 is 0 Å². The molecule has 1 atom stereocenters. The molecule has 3 nitrogen and oxygen atoms in total. The maximum absolute atomic E-state index is 13.1. The molecule has 112 valence electrons. The largest absolute Gasteiger partial charge is 0.349 e. The number of rotatable bonds is 7. The molecule has 0 aliphatic heterocycles. The molecule has 0 aliphatic rings. The van der Waals surface area contributed by atoms with Gasteiger partial charge in [0.05, 0.1) is 5.54 Å². The molecule has 4 heteroatoms. The lowest BCUT2D eigenvalue weighted by Gasteiger charge is -2.32. The van der Waals surface area contributed by atoms with Crippen LogP contribution in [0.5, 0.6) is 0 Å². The molecule has 1 unspecified atom stereocenters. The van der Waals surface area contributed by atoms with Crippen molar-refractivity contribution < 1.29 is 9.18 Å². The Morgan fingerprint density at radius 1 is 1.40 bits per heavy atom. The molecule has 0 bridgehead atoms. The van der Waals surface area contributed by atoms with Crippen LogP contribution >= 0.6 is 0 Å². The van der Waals surface area contributed by atoms with E-state index >= 15 is 0 Å². The van der Waals surface area contributed by atoms with Gasteiger partial charge < -0.3 is 11.1 Å². The van der Waals surface area contributed by atoms with Crippen molar-refractivity contribution in [1.82, 2.24) is 5.32 Å². The minimum absolute atomic E-state index is 0.0246. The molecule has 1 aromatic rings. The highest BCUT2D eigenvalue weighted by Gasteiger charge is 2.28. The van der Waals surface area contributed by atoms with Crippen LogP contribution in [0.1, 0.15) is 39.2 Å². The molecule has 1 aromatic carbocycles. The smallest absolute Gasteiger partial charge is 0.223 e. The number of amides is 1. The van der Waals surface area contributed by atoms with Crippen LogP contribution in [0.15, 0.2) is 24.3 Å². The zero-order chi connectivity index (χ0) is 15.2. The van der Waals surface area contributed by atoms with Crippen LogP contribution < -0.4 is 11.1 Å². The van der Waals surface area contributed by atoms with E-state index in [0.717, 1.165) is 18.4 Å². The highest BCUT2D eigenvalue weighted by atomic mass is 19.1. The highest BCUT2D eigenvalue weighted by Crippen LogP contribution is 2.16. The third-order valence-electron chi connectivity index (χ3n) is 4.01. The van der Waals surface area contributed by atoms with Gasteiger partial charge in [0.2, 0.25) is 5.91 Å². The van der Waals surface area contributed by atoms with E-state index in [2.05, 4.69) is 5.32 Å². The fourth-order valence-corrected chi connectivity index (χ4v) is 2.26. The van der Waals surface area contributed by atoms with E-state index < -0.39 is 0 Å². The van der Waals surface area contributed by atoms with E-state index in [1.165, 1.54) is 12.1 Å². The van der Waals surface area contributed by atoms with Gasteiger partial charge in [-0.15, -0.1) is 0 Å². The van der Waals surface area contributed by atoms with E-state index in [9.17, 15) is 9.18 Å². The van der Waals surface area contributed by atoms with Crippen LogP contribution in [-0.2, 0) is 11.2 Å². The number of benzene rings is 1. The highest BCUT2D eigenvalue weighted by molar-refractivity contribution is 5.79. The maximum Gasteiger partial charge on any atom is 0.223 e. The molecule has 0 radical (unpaired) electrons. The summed E-state index contributed by atoms with van der Waals surface area (Å²) in [6, 6.07) is 6.38. The normalized spacial score (nSPS) is 13.1. The fourth-order valence-electron chi connectivity index (χ4n) is 2.26. The first-order chi connectivity index (χ1) is 9.46. The molecular weight excluding hydrogens is 255 g/mol. The fraction of sp³-hybridized carbons (Fsp3) is 0.562. The van der Waals surface area contributed by atoms with Crippen LogP contribution in [0.3, 0.4) is 0 Å². The van der Waals surface area contributed by atoms with Crippen molar-refractivity contribution in [2.45, 2.75) is 45.6 Å². The second-order valence-electron chi connectivity index (χ2n) is 5.42. The van der Waals surface area contributed by atoms with Crippen LogP contribution in [0, 0.1) is 11.7 Å². The number of hydrogen-bond acceptors (Lipinski definition) is 2. The Morgan fingerprint density at radius 2 is 2.05 bits per heavy atom. The van der Waals surface area contributed by atoms with Crippen LogP contribution in [-0.4, -0.2) is 18.0 Å². The van der Waals surface area contributed by atoms with Gasteiger partial charge in [-0.3, -0.25) is 4.79 Å². The second-order valence-corrected chi connectivity index (χ2v) is 5.42. The monoisotopic (exact) mass is 280 g/mol. The third kappa shape index (κ3) is 4.30. The number of carbonyl (C=O) groups excluding carboxylic acids is 1. The third-order valence-corrected chi connectivity index (χ3v) is 4.01. The summed E-state index contributed by atoms with van der Waals surface area (Å²) < 4.78 is 13.1. The Balaban J connectivity index is 2.67. The number of carbonyl (C=O) groups is 1. The zero-order valence-electron chi connectivity index (χ0n) is 12.6. The summed E-state index contributed by atoms with van der Waals surface area (Å²) in [6.07, 6.45) is 2.13. The quantitative estimate of drug-likeness (QED) is 0.806. The van der Waals surface area contributed by atoms with Crippen molar-refractivity contribution in [2.24, 2.45) is 11.7 Å². The molecule has 0 saturated heterocycles. The Morgan fingerprint density at radius 3 is 2.55 bits per heavy atom. The van der Waals surface area contributed by atoms with Gasteiger partial charge in [0.15, 0.2) is 0 Å². The number of halogens is 1. The number of nitrogens with one attached hydrogen (secondary N) is 1. The second kappa shape index (κ2) is 7.39. The van der Waals surface area contributed by atoms with Crippen molar-refractivity contribution in [1.29, 1.82) is 0 Å². The summed E-state index contributed by atoms with van der Waals surface area (Å²) in [7, 11) is 0. The van der Waals surface area contributed by atoms with Crippen molar-refractivity contribution >= 4 is 5.91 Å². The van der Waals surface area contributed by atoms with Crippen molar-refractivity contribution in [3.63, 3.8) is 0 Å². The van der Waals surface area contributed by atoms with Gasteiger partial charge in [-0.1, -0.05) is 32.9 Å². The molecule has 0 aromatic heterocycles. The molecule has 1 rings (SSSR count). The molecule has 0 aliphatic carbocycles. The first-order valence-corrected chi connectivity index (χ1v) is 7.23. The van der Waals surface area contributed by atoms with Crippen LogP contribution in [0.2, 0.25) is 0 Å². The van der Waals surface area contributed by atoms with E-state index in [-0.39, 0.29) is 23.2 Å². The SMILES string of the molecule is CCC(CC)(CN)NC(=O)C(C)Cc1cccc(F)c1. The molecule has 0 fully saturated rings. The van der Waals surface area contributed by atoms with Crippen LogP contribution in [0.4, 0.5) is 4.39 Å². The standard InChI is InChI=1S/C16H25FN2O/c1-4-16(5-2,11-18)19-15(20)12(3)9-13-7-6-8-14(17)10-13/h6-8,10,12H,4-5,9,11,18H2,1-3H3,(H,19,20). The maximum atomic E-state index is 13.1. The number of nitrogens with two attached hydrogens (primary N) is 1. The lowest BCUT2D eigenvalue weighted by molar-refractivity contribution is -0.126. The van der Waals surface area contributed by atoms with Gasteiger partial charge in [-0.25, -0.2) is 4.39 Å². The summed E-state index contributed by atoms with van der Waals surface area (Å²) >= 11 is 0. The van der Waals surface area contributed by atoms with Gasteiger partial charge in [-0.2, -0.15) is 0 Å². The van der Waals surface area contributed by atoms with Gasteiger partial charge in [0.25, 0.3) is 0 Å². The average molecular weight is 280 g/mol. The minimum atomic E-state index is -0.326. The molecule has 3 N–H and O–H groups in total. The molecule has 0 heterocycles. The molecule has 20 heavy (non-hydrogen) atoms. The summed E-state index contributed by atoms with van der Waals surface area (Å²) in [5.41, 5.74) is 6.29. The van der Waals surface area contributed by atoms with Crippen molar-refractivity contribution in [3.05, 3.63) is 35.6 Å². The Labute approximate surface area is 120 Å². The Bertz CT molecular complexity index is 436. The van der Waals surface area contributed by atoms with E-state index in [0.29, 0.717) is 13.0 Å². The van der Waals surface area contributed by atoms with Crippen molar-refractivity contribution in [2.75, 3.05) is 6.54 Å². The van der Waals surface area contributed by atoms with Gasteiger partial charge in [0.1, 0.15) is 5.82 Å². The van der Waals surface area contributed by atoms with Gasteiger partial charge in [-0.05, 0) is 37.0 Å². The van der Waals surface area contributed by atoms with E-state index in [4.69, 9.17) is 5.73 Å². The Kier molecular flexibility index (Phi) is 6.14. The first-order valence-electron chi connectivity index (χ1n) is 7.23. The minimum Gasteiger partial charge on any atom is -0.349 e. The summed E-state index contributed by atoms with van der Waals surface area (Å²) in [6.45, 7) is 6.33. The molecule has 0 spiro atoms. The molecule has 1 amide bonds. The summed E-state index contributed by atoms with van der Waals surface area (Å²) in [5.74, 6) is -0.502. The molecular formula is C16H25FN2O. The molecule has 0 saturated carbocycles. The average Bonchev–Trinajstić information content (AvgIpc) is 2.44. The number of hydrogen-bond donors (Lipinski definition) is 2. The predicted molar refractivity (Wildman–Crippen MR) is 79.8 cm³/mol.